The highest BCUT2D eigenvalue weighted by atomic mass is 32.1. The molecule has 0 bridgehead atoms. The van der Waals surface area contributed by atoms with Gasteiger partial charge < -0.3 is 9.47 Å². The lowest BCUT2D eigenvalue weighted by molar-refractivity contribution is -0.132. The van der Waals surface area contributed by atoms with Crippen molar-refractivity contribution in [3.8, 4) is 0 Å². The molecular weight excluding hydrogens is 358 g/mol. The summed E-state index contributed by atoms with van der Waals surface area (Å²) in [6, 6.07) is 0. The number of thiazole rings is 1. The first-order chi connectivity index (χ1) is 13.0. The van der Waals surface area contributed by atoms with Gasteiger partial charge in [-0.1, -0.05) is 0 Å². The summed E-state index contributed by atoms with van der Waals surface area (Å²) >= 11 is 1.77. The Balaban J connectivity index is 1.40. The van der Waals surface area contributed by atoms with E-state index in [1.165, 1.54) is 16.2 Å². The maximum absolute atomic E-state index is 12.7. The Hall–Kier alpha value is -2.15. The second-order valence-electron chi connectivity index (χ2n) is 7.51. The number of hydrogen-bond acceptors (Lipinski definition) is 4. The van der Waals surface area contributed by atoms with Gasteiger partial charge in [0.1, 0.15) is 16.5 Å². The van der Waals surface area contributed by atoms with Crippen molar-refractivity contribution in [1.29, 1.82) is 0 Å². The summed E-state index contributed by atoms with van der Waals surface area (Å²) in [4.78, 5) is 25.1. The fourth-order valence-corrected chi connectivity index (χ4v) is 5.25. The zero-order valence-electron chi connectivity index (χ0n) is 16.3. The fourth-order valence-electron chi connectivity index (χ4n) is 4.15. The standard InChI is InChI=1S/C20H27N5OS/c1-14-13-27-20-19(22-16(3)25(14)20)17-6-4-10-24(12-17)18(26)7-5-9-23-11-8-21-15(23)2/h8,11,13,17H,4-7,9-10,12H2,1-3H3/t17-/m1/s1. The van der Waals surface area contributed by atoms with Gasteiger partial charge in [0.25, 0.3) is 0 Å². The van der Waals surface area contributed by atoms with E-state index < -0.39 is 0 Å². The summed E-state index contributed by atoms with van der Waals surface area (Å²) in [6.07, 6.45) is 7.41. The van der Waals surface area contributed by atoms with Crippen molar-refractivity contribution in [2.75, 3.05) is 13.1 Å². The smallest absolute Gasteiger partial charge is 0.222 e. The molecule has 3 aromatic heterocycles. The molecule has 1 atom stereocenters. The van der Waals surface area contributed by atoms with Crippen LogP contribution in [0.3, 0.4) is 0 Å². The van der Waals surface area contributed by atoms with Gasteiger partial charge in [-0.3, -0.25) is 9.20 Å². The summed E-state index contributed by atoms with van der Waals surface area (Å²) in [7, 11) is 0. The Bertz CT molecular complexity index is 953. The Morgan fingerprint density at radius 2 is 2.15 bits per heavy atom. The molecule has 0 saturated carbocycles. The molecule has 0 aliphatic carbocycles. The minimum Gasteiger partial charge on any atom is -0.342 e. The number of rotatable bonds is 5. The lowest BCUT2D eigenvalue weighted by Crippen LogP contribution is -2.39. The van der Waals surface area contributed by atoms with Gasteiger partial charge in [0.2, 0.25) is 5.91 Å². The molecule has 0 unspecified atom stereocenters. The zero-order chi connectivity index (χ0) is 19.0. The number of imidazole rings is 2. The number of aromatic nitrogens is 4. The Morgan fingerprint density at radius 3 is 2.93 bits per heavy atom. The molecular formula is C20H27N5OS. The molecule has 1 saturated heterocycles. The Labute approximate surface area is 163 Å². The molecule has 4 rings (SSSR count). The maximum Gasteiger partial charge on any atom is 0.222 e. The molecule has 1 fully saturated rings. The second kappa shape index (κ2) is 7.46. The number of fused-ring (bicyclic) bond motifs is 1. The van der Waals surface area contributed by atoms with Crippen LogP contribution in [0.1, 0.15) is 54.6 Å². The first kappa shape index (κ1) is 18.2. The highest BCUT2D eigenvalue weighted by molar-refractivity contribution is 7.15. The van der Waals surface area contributed by atoms with Gasteiger partial charge in [-0.2, -0.15) is 0 Å². The average Bonchev–Trinajstić information content (AvgIpc) is 3.34. The highest BCUT2D eigenvalue weighted by Crippen LogP contribution is 2.33. The molecule has 6 nitrogen and oxygen atoms in total. The monoisotopic (exact) mass is 385 g/mol. The number of carbonyl (C=O) groups excluding carboxylic acids is 1. The number of hydrogen-bond donors (Lipinski definition) is 0. The second-order valence-corrected chi connectivity index (χ2v) is 8.37. The molecule has 0 radical (unpaired) electrons. The Kier molecular flexibility index (Phi) is 5.04. The lowest BCUT2D eigenvalue weighted by Gasteiger charge is -2.32. The van der Waals surface area contributed by atoms with Crippen molar-refractivity contribution in [3.63, 3.8) is 0 Å². The number of aryl methyl sites for hydroxylation is 4. The van der Waals surface area contributed by atoms with Crippen LogP contribution in [-0.2, 0) is 11.3 Å². The van der Waals surface area contributed by atoms with Gasteiger partial charge in [-0.25, -0.2) is 9.97 Å². The molecule has 3 aromatic rings. The predicted molar refractivity (Wildman–Crippen MR) is 107 cm³/mol. The number of carbonyl (C=O) groups is 1. The van der Waals surface area contributed by atoms with E-state index in [2.05, 4.69) is 38.1 Å². The first-order valence-electron chi connectivity index (χ1n) is 9.73. The van der Waals surface area contributed by atoms with E-state index in [1.54, 1.807) is 11.3 Å². The van der Waals surface area contributed by atoms with E-state index in [1.807, 2.05) is 19.3 Å². The maximum atomic E-state index is 12.7. The number of nitrogens with zero attached hydrogens (tertiary/aromatic N) is 5. The molecule has 144 valence electrons. The Morgan fingerprint density at radius 1 is 1.30 bits per heavy atom. The van der Waals surface area contributed by atoms with Gasteiger partial charge in [0, 0.05) is 55.4 Å². The van der Waals surface area contributed by atoms with Crippen molar-refractivity contribution in [1.82, 2.24) is 23.8 Å². The SMILES string of the molecule is Cc1nccn1CCCC(=O)N1CCC[C@@H](c2nc(C)n3c(C)csc23)C1. The summed E-state index contributed by atoms with van der Waals surface area (Å²) in [6.45, 7) is 8.71. The topological polar surface area (TPSA) is 55.4 Å². The molecule has 7 heteroatoms. The summed E-state index contributed by atoms with van der Waals surface area (Å²) in [5.74, 6) is 2.68. The van der Waals surface area contributed by atoms with Crippen LogP contribution in [0.5, 0.6) is 0 Å². The minimum absolute atomic E-state index is 0.270. The van der Waals surface area contributed by atoms with Crippen molar-refractivity contribution < 1.29 is 4.79 Å². The van der Waals surface area contributed by atoms with Gasteiger partial charge in [-0.05, 0) is 40.0 Å². The van der Waals surface area contributed by atoms with Crippen LogP contribution in [0, 0.1) is 20.8 Å². The number of likely N-dealkylation sites (tertiary alicyclic amines) is 1. The highest BCUT2D eigenvalue weighted by Gasteiger charge is 2.28. The molecule has 0 aromatic carbocycles. The van der Waals surface area contributed by atoms with Gasteiger partial charge in [0.05, 0.1) is 5.69 Å². The van der Waals surface area contributed by atoms with Crippen LogP contribution < -0.4 is 0 Å². The van der Waals surface area contributed by atoms with E-state index in [9.17, 15) is 4.79 Å². The zero-order valence-corrected chi connectivity index (χ0v) is 17.1. The third kappa shape index (κ3) is 3.52. The van der Waals surface area contributed by atoms with E-state index in [4.69, 9.17) is 4.98 Å². The van der Waals surface area contributed by atoms with Crippen LogP contribution in [0.15, 0.2) is 17.8 Å². The van der Waals surface area contributed by atoms with E-state index in [-0.39, 0.29) is 5.91 Å². The van der Waals surface area contributed by atoms with Gasteiger partial charge in [-0.15, -0.1) is 11.3 Å². The van der Waals surface area contributed by atoms with Crippen LogP contribution in [-0.4, -0.2) is 42.8 Å². The number of piperidine rings is 1. The summed E-state index contributed by atoms with van der Waals surface area (Å²) in [5, 5.41) is 2.19. The fraction of sp³-hybridized carbons (Fsp3) is 0.550. The molecule has 0 N–H and O–H groups in total. The van der Waals surface area contributed by atoms with Crippen molar-refractivity contribution >= 4 is 22.1 Å². The molecule has 0 spiro atoms. The van der Waals surface area contributed by atoms with Crippen LogP contribution in [0.25, 0.3) is 4.83 Å². The number of amides is 1. The van der Waals surface area contributed by atoms with Gasteiger partial charge >= 0.3 is 0 Å². The van der Waals surface area contributed by atoms with Crippen LogP contribution in [0.2, 0.25) is 0 Å². The van der Waals surface area contributed by atoms with Crippen LogP contribution in [0.4, 0.5) is 0 Å². The molecule has 1 aliphatic heterocycles. The molecule has 1 aliphatic rings. The van der Waals surface area contributed by atoms with E-state index in [0.717, 1.165) is 50.5 Å². The first-order valence-corrected chi connectivity index (χ1v) is 10.6. The van der Waals surface area contributed by atoms with Crippen LogP contribution >= 0.6 is 11.3 Å². The minimum atomic E-state index is 0.270. The normalized spacial score (nSPS) is 17.7. The summed E-state index contributed by atoms with van der Waals surface area (Å²) < 4.78 is 4.35. The van der Waals surface area contributed by atoms with E-state index >= 15 is 0 Å². The summed E-state index contributed by atoms with van der Waals surface area (Å²) in [5.41, 5.74) is 2.42. The molecule has 4 heterocycles. The van der Waals surface area contributed by atoms with Gasteiger partial charge in [0.15, 0.2) is 0 Å². The van der Waals surface area contributed by atoms with Crippen molar-refractivity contribution in [2.24, 2.45) is 0 Å². The predicted octanol–water partition coefficient (Wildman–Crippen LogP) is 3.70. The largest absolute Gasteiger partial charge is 0.342 e. The van der Waals surface area contributed by atoms with E-state index in [0.29, 0.717) is 12.3 Å². The quantitative estimate of drug-likeness (QED) is 0.673. The molecule has 1 amide bonds. The average molecular weight is 386 g/mol. The molecule has 27 heavy (non-hydrogen) atoms. The lowest BCUT2D eigenvalue weighted by atomic mass is 9.95. The van der Waals surface area contributed by atoms with Crippen molar-refractivity contribution in [2.45, 2.75) is 58.9 Å². The third-order valence-electron chi connectivity index (χ3n) is 5.60. The third-order valence-corrected chi connectivity index (χ3v) is 6.67. The van der Waals surface area contributed by atoms with Crippen molar-refractivity contribution in [3.05, 3.63) is 40.8 Å².